The number of hydrogen-bond donors (Lipinski definition) is 1. The predicted octanol–water partition coefficient (Wildman–Crippen LogP) is 1.82. The largest absolute Gasteiger partial charge is 0.493 e. The second kappa shape index (κ2) is 4.01. The molecule has 1 aliphatic rings. The van der Waals surface area contributed by atoms with Gasteiger partial charge in [-0.05, 0) is 49.1 Å². The zero-order chi connectivity index (χ0) is 9.97. The lowest BCUT2D eigenvalue weighted by molar-refractivity contribution is 0.356. The number of hydrogen-bond acceptors (Lipinski definition) is 2. The Hall–Kier alpha value is -1.02. The summed E-state index contributed by atoms with van der Waals surface area (Å²) in [5.74, 6) is 1.08. The van der Waals surface area contributed by atoms with Crippen LogP contribution in [0.4, 0.5) is 0 Å². The fraction of sp³-hybridized carbons (Fsp3) is 0.500. The molecule has 0 aromatic heterocycles. The number of fused-ring (bicyclic) bond motifs is 1. The van der Waals surface area contributed by atoms with E-state index in [0.29, 0.717) is 0 Å². The Morgan fingerprint density at radius 2 is 2.29 bits per heavy atom. The molecule has 0 saturated carbocycles. The molecule has 0 bridgehead atoms. The van der Waals surface area contributed by atoms with Gasteiger partial charge in [-0.15, -0.1) is 0 Å². The molecule has 0 unspecified atom stereocenters. The molecule has 0 spiro atoms. The van der Waals surface area contributed by atoms with Gasteiger partial charge >= 0.3 is 0 Å². The zero-order valence-electron chi connectivity index (χ0n) is 8.68. The number of ether oxygens (including phenoxy) is 1. The second-order valence-corrected chi connectivity index (χ2v) is 3.88. The van der Waals surface area contributed by atoms with E-state index in [-0.39, 0.29) is 0 Å². The van der Waals surface area contributed by atoms with Crippen LogP contribution in [0, 0.1) is 6.92 Å². The Kier molecular flexibility index (Phi) is 2.73. The van der Waals surface area contributed by atoms with E-state index >= 15 is 0 Å². The second-order valence-electron chi connectivity index (χ2n) is 3.88. The standard InChI is InChI=1S/C12H17NO/c1-9-7-12-11(4-6-14-12)8-10(9)3-2-5-13/h7-8H,2-6,13H2,1H3. The minimum absolute atomic E-state index is 0.771. The van der Waals surface area contributed by atoms with E-state index in [0.717, 1.165) is 38.2 Å². The molecule has 0 aliphatic carbocycles. The topological polar surface area (TPSA) is 35.2 Å². The lowest BCUT2D eigenvalue weighted by Gasteiger charge is -2.07. The third-order valence-corrected chi connectivity index (χ3v) is 2.80. The fourth-order valence-corrected chi connectivity index (χ4v) is 1.94. The molecule has 1 aliphatic heterocycles. The molecule has 0 saturated heterocycles. The van der Waals surface area contributed by atoms with Crippen molar-refractivity contribution >= 4 is 0 Å². The Labute approximate surface area is 85.1 Å². The number of nitrogens with two attached hydrogens (primary N) is 1. The first-order valence-electron chi connectivity index (χ1n) is 5.26. The van der Waals surface area contributed by atoms with Crippen molar-refractivity contribution in [3.8, 4) is 5.75 Å². The van der Waals surface area contributed by atoms with Gasteiger partial charge < -0.3 is 10.5 Å². The molecular formula is C12H17NO. The molecule has 0 radical (unpaired) electrons. The van der Waals surface area contributed by atoms with E-state index in [1.54, 1.807) is 0 Å². The first-order chi connectivity index (χ1) is 6.81. The summed E-state index contributed by atoms with van der Waals surface area (Å²) in [6, 6.07) is 4.45. The highest BCUT2D eigenvalue weighted by Gasteiger charge is 2.13. The quantitative estimate of drug-likeness (QED) is 0.791. The zero-order valence-corrected chi connectivity index (χ0v) is 8.68. The van der Waals surface area contributed by atoms with Gasteiger partial charge in [-0.1, -0.05) is 6.07 Å². The molecular weight excluding hydrogens is 174 g/mol. The van der Waals surface area contributed by atoms with Crippen LogP contribution in [0.25, 0.3) is 0 Å². The van der Waals surface area contributed by atoms with Crippen LogP contribution in [0.2, 0.25) is 0 Å². The van der Waals surface area contributed by atoms with Crippen molar-refractivity contribution in [1.29, 1.82) is 0 Å². The average molecular weight is 191 g/mol. The predicted molar refractivity (Wildman–Crippen MR) is 57.8 cm³/mol. The smallest absolute Gasteiger partial charge is 0.122 e. The lowest BCUT2D eigenvalue weighted by atomic mass is 9.99. The van der Waals surface area contributed by atoms with E-state index in [2.05, 4.69) is 19.1 Å². The van der Waals surface area contributed by atoms with Crippen LogP contribution in [0.3, 0.4) is 0 Å². The van der Waals surface area contributed by atoms with Gasteiger partial charge in [0.15, 0.2) is 0 Å². The third-order valence-electron chi connectivity index (χ3n) is 2.80. The molecule has 2 N–H and O–H groups in total. The fourth-order valence-electron chi connectivity index (χ4n) is 1.94. The van der Waals surface area contributed by atoms with Gasteiger partial charge in [-0.2, -0.15) is 0 Å². The highest BCUT2D eigenvalue weighted by atomic mass is 16.5. The number of rotatable bonds is 3. The summed E-state index contributed by atoms with van der Waals surface area (Å²) in [6.07, 6.45) is 3.22. The molecule has 14 heavy (non-hydrogen) atoms. The highest BCUT2D eigenvalue weighted by molar-refractivity contribution is 5.44. The first-order valence-corrected chi connectivity index (χ1v) is 5.26. The van der Waals surface area contributed by atoms with Crippen LogP contribution in [0.1, 0.15) is 23.1 Å². The maximum atomic E-state index is 5.51. The normalized spacial score (nSPS) is 13.9. The van der Waals surface area contributed by atoms with Crippen molar-refractivity contribution in [2.45, 2.75) is 26.2 Å². The SMILES string of the molecule is Cc1cc2c(cc1CCCN)CCO2. The van der Waals surface area contributed by atoms with Crippen LogP contribution in [0.5, 0.6) is 5.75 Å². The van der Waals surface area contributed by atoms with Crippen molar-refractivity contribution in [3.05, 3.63) is 28.8 Å². The van der Waals surface area contributed by atoms with E-state index in [1.165, 1.54) is 16.7 Å². The summed E-state index contributed by atoms with van der Waals surface area (Å²) < 4.78 is 5.51. The van der Waals surface area contributed by atoms with Crippen LogP contribution in [0.15, 0.2) is 12.1 Å². The lowest BCUT2D eigenvalue weighted by Crippen LogP contribution is -2.01. The summed E-state index contributed by atoms with van der Waals surface area (Å²) in [6.45, 7) is 3.76. The van der Waals surface area contributed by atoms with Crippen LogP contribution in [-0.4, -0.2) is 13.2 Å². The average Bonchev–Trinajstić information content (AvgIpc) is 2.61. The van der Waals surface area contributed by atoms with E-state index < -0.39 is 0 Å². The number of aryl methyl sites for hydroxylation is 2. The van der Waals surface area contributed by atoms with Crippen molar-refractivity contribution < 1.29 is 4.74 Å². The van der Waals surface area contributed by atoms with E-state index in [4.69, 9.17) is 10.5 Å². The van der Waals surface area contributed by atoms with Crippen molar-refractivity contribution in [2.24, 2.45) is 5.73 Å². The number of benzene rings is 1. The summed E-state index contributed by atoms with van der Waals surface area (Å²) >= 11 is 0. The molecule has 0 fully saturated rings. The maximum absolute atomic E-state index is 5.51. The molecule has 2 nitrogen and oxygen atoms in total. The minimum Gasteiger partial charge on any atom is -0.493 e. The minimum atomic E-state index is 0.771. The van der Waals surface area contributed by atoms with E-state index in [9.17, 15) is 0 Å². The Morgan fingerprint density at radius 3 is 3.07 bits per heavy atom. The van der Waals surface area contributed by atoms with Crippen molar-refractivity contribution in [1.82, 2.24) is 0 Å². The first kappa shape index (κ1) is 9.53. The van der Waals surface area contributed by atoms with Gasteiger partial charge in [0.25, 0.3) is 0 Å². The van der Waals surface area contributed by atoms with Crippen molar-refractivity contribution in [2.75, 3.05) is 13.2 Å². The summed E-state index contributed by atoms with van der Waals surface area (Å²) in [4.78, 5) is 0. The maximum Gasteiger partial charge on any atom is 0.122 e. The monoisotopic (exact) mass is 191 g/mol. The molecule has 1 heterocycles. The molecule has 0 amide bonds. The van der Waals surface area contributed by atoms with Gasteiger partial charge in [0, 0.05) is 6.42 Å². The summed E-state index contributed by atoms with van der Waals surface area (Å²) in [5.41, 5.74) is 9.64. The van der Waals surface area contributed by atoms with Crippen LogP contribution < -0.4 is 10.5 Å². The molecule has 1 aromatic carbocycles. The summed E-state index contributed by atoms with van der Waals surface area (Å²) in [5, 5.41) is 0. The van der Waals surface area contributed by atoms with E-state index in [1.807, 2.05) is 0 Å². The van der Waals surface area contributed by atoms with Crippen molar-refractivity contribution in [3.63, 3.8) is 0 Å². The molecule has 2 heteroatoms. The van der Waals surface area contributed by atoms with Crippen LogP contribution in [-0.2, 0) is 12.8 Å². The highest BCUT2D eigenvalue weighted by Crippen LogP contribution is 2.28. The van der Waals surface area contributed by atoms with Gasteiger partial charge in [0.05, 0.1) is 6.61 Å². The molecule has 0 atom stereocenters. The molecule has 76 valence electrons. The third kappa shape index (κ3) is 1.75. The Bertz CT molecular complexity index is 333. The van der Waals surface area contributed by atoms with Gasteiger partial charge in [0.1, 0.15) is 5.75 Å². The van der Waals surface area contributed by atoms with Crippen LogP contribution >= 0.6 is 0 Å². The van der Waals surface area contributed by atoms with Gasteiger partial charge in [-0.25, -0.2) is 0 Å². The Morgan fingerprint density at radius 1 is 1.43 bits per heavy atom. The van der Waals surface area contributed by atoms with Gasteiger partial charge in [-0.3, -0.25) is 0 Å². The van der Waals surface area contributed by atoms with Gasteiger partial charge in [0.2, 0.25) is 0 Å². The Balaban J connectivity index is 2.23. The molecule has 2 rings (SSSR count). The molecule has 1 aromatic rings. The summed E-state index contributed by atoms with van der Waals surface area (Å²) in [7, 11) is 0.